The van der Waals surface area contributed by atoms with E-state index in [-0.39, 0.29) is 12.0 Å². The number of carbonyl (C=O) groups excluding carboxylic acids is 1. The summed E-state index contributed by atoms with van der Waals surface area (Å²) in [6, 6.07) is 7.58. The first-order valence-corrected chi connectivity index (χ1v) is 8.04. The highest BCUT2D eigenvalue weighted by molar-refractivity contribution is 5.83. The Morgan fingerprint density at radius 1 is 1.38 bits per heavy atom. The molecule has 0 spiro atoms. The lowest BCUT2D eigenvalue weighted by atomic mass is 9.71. The monoisotopic (exact) mass is 328 g/mol. The van der Waals surface area contributed by atoms with Gasteiger partial charge in [0, 0.05) is 6.08 Å². The number of benzene rings is 1. The van der Waals surface area contributed by atoms with Crippen molar-refractivity contribution < 1.29 is 19.4 Å². The molecule has 0 bridgehead atoms. The van der Waals surface area contributed by atoms with Gasteiger partial charge in [-0.3, -0.25) is 0 Å². The van der Waals surface area contributed by atoms with E-state index in [1.807, 2.05) is 18.2 Å². The van der Waals surface area contributed by atoms with Crippen LogP contribution in [0.25, 0.3) is 0 Å². The maximum absolute atomic E-state index is 11.2. The largest absolute Gasteiger partial charge is 0.492 e. The van der Waals surface area contributed by atoms with Gasteiger partial charge < -0.3 is 14.6 Å². The van der Waals surface area contributed by atoms with E-state index in [0.29, 0.717) is 18.3 Å². The van der Waals surface area contributed by atoms with Gasteiger partial charge in [0.1, 0.15) is 18.1 Å². The van der Waals surface area contributed by atoms with Gasteiger partial charge in [-0.2, -0.15) is 0 Å². The van der Waals surface area contributed by atoms with Crippen LogP contribution in [0.1, 0.15) is 25.8 Å². The molecule has 128 valence electrons. The Kier molecular flexibility index (Phi) is 5.99. The van der Waals surface area contributed by atoms with Crippen molar-refractivity contribution >= 4 is 5.97 Å². The molecule has 1 unspecified atom stereocenters. The molecule has 0 saturated heterocycles. The molecule has 0 aliphatic heterocycles. The van der Waals surface area contributed by atoms with Gasteiger partial charge >= 0.3 is 5.97 Å². The fourth-order valence-corrected chi connectivity index (χ4v) is 2.73. The molecular formula is C20H24O4. The van der Waals surface area contributed by atoms with Crippen molar-refractivity contribution in [2.75, 3.05) is 13.2 Å². The molecule has 1 aliphatic carbocycles. The minimum Gasteiger partial charge on any atom is -0.492 e. The lowest BCUT2D eigenvalue weighted by Gasteiger charge is -2.34. The fourth-order valence-electron chi connectivity index (χ4n) is 2.73. The molecule has 1 aromatic carbocycles. The zero-order chi connectivity index (χ0) is 17.6. The molecule has 0 saturated carbocycles. The summed E-state index contributed by atoms with van der Waals surface area (Å²) in [6.45, 7) is 8.11. The molecule has 0 fully saturated rings. The highest BCUT2D eigenvalue weighted by atomic mass is 16.5. The summed E-state index contributed by atoms with van der Waals surface area (Å²) in [5.41, 5.74) is 1.10. The van der Waals surface area contributed by atoms with E-state index in [4.69, 9.17) is 14.6 Å². The number of aliphatic hydroxyl groups excluding tert-OH is 1. The zero-order valence-electron chi connectivity index (χ0n) is 14.2. The third-order valence-electron chi connectivity index (χ3n) is 4.34. The van der Waals surface area contributed by atoms with Crippen LogP contribution in [0.5, 0.6) is 5.75 Å². The molecule has 1 aromatic rings. The number of rotatable bonds is 7. The molecule has 4 heteroatoms. The number of hydrogen-bond donors (Lipinski definition) is 1. The summed E-state index contributed by atoms with van der Waals surface area (Å²) in [5.74, 6) is 1.19. The van der Waals surface area contributed by atoms with Crippen molar-refractivity contribution in [1.82, 2.24) is 0 Å². The lowest BCUT2D eigenvalue weighted by Crippen LogP contribution is -2.28. The Morgan fingerprint density at radius 3 is 2.62 bits per heavy atom. The number of aliphatic hydroxyl groups is 1. The van der Waals surface area contributed by atoms with E-state index in [9.17, 15) is 4.79 Å². The second kappa shape index (κ2) is 7.97. The van der Waals surface area contributed by atoms with Crippen molar-refractivity contribution in [3.63, 3.8) is 0 Å². The molecule has 1 N–H and O–H groups in total. The normalized spacial score (nSPS) is 17.1. The predicted octanol–water partition coefficient (Wildman–Crippen LogP) is 3.52. The van der Waals surface area contributed by atoms with Crippen LogP contribution in [-0.2, 0) is 14.9 Å². The smallest absolute Gasteiger partial charge is 0.335 e. The van der Waals surface area contributed by atoms with Crippen LogP contribution in [0.4, 0.5) is 0 Å². The molecule has 0 radical (unpaired) electrons. The Morgan fingerprint density at radius 2 is 2.08 bits per heavy atom. The summed E-state index contributed by atoms with van der Waals surface area (Å²) < 4.78 is 10.5. The van der Waals surface area contributed by atoms with Crippen molar-refractivity contribution in [1.29, 1.82) is 0 Å². The van der Waals surface area contributed by atoms with E-state index in [0.717, 1.165) is 18.3 Å². The summed E-state index contributed by atoms with van der Waals surface area (Å²) in [7, 11) is 0. The van der Waals surface area contributed by atoms with Gasteiger partial charge in [-0.15, -0.1) is 0 Å². The molecule has 0 amide bonds. The number of carbonyl (C=O) groups is 1. The number of esters is 1. The van der Waals surface area contributed by atoms with E-state index in [1.165, 1.54) is 5.56 Å². The minimum atomic E-state index is -0.460. The maximum Gasteiger partial charge on any atom is 0.335 e. The number of ether oxygens (including phenoxy) is 2. The van der Waals surface area contributed by atoms with Crippen LogP contribution in [-0.4, -0.2) is 24.3 Å². The average molecular weight is 328 g/mol. The topological polar surface area (TPSA) is 55.8 Å². The molecule has 1 aliphatic rings. The predicted molar refractivity (Wildman–Crippen MR) is 93.7 cm³/mol. The van der Waals surface area contributed by atoms with E-state index >= 15 is 0 Å². The Bertz CT molecular complexity index is 638. The lowest BCUT2D eigenvalue weighted by molar-refractivity contribution is -0.128. The second-order valence-electron chi connectivity index (χ2n) is 6.25. The van der Waals surface area contributed by atoms with Crippen LogP contribution in [0.2, 0.25) is 0 Å². The average Bonchev–Trinajstić information content (AvgIpc) is 2.60. The van der Waals surface area contributed by atoms with E-state index < -0.39 is 5.97 Å². The van der Waals surface area contributed by atoms with Gasteiger partial charge in [0.2, 0.25) is 0 Å². The summed E-state index contributed by atoms with van der Waals surface area (Å²) in [4.78, 5) is 11.2. The van der Waals surface area contributed by atoms with Crippen molar-refractivity contribution in [3.8, 4) is 5.75 Å². The van der Waals surface area contributed by atoms with E-state index in [1.54, 1.807) is 12.1 Å². The second-order valence-corrected chi connectivity index (χ2v) is 6.25. The van der Waals surface area contributed by atoms with Gasteiger partial charge in [0.05, 0.1) is 6.61 Å². The molecular weight excluding hydrogens is 304 g/mol. The Labute approximate surface area is 143 Å². The number of allylic oxidation sites excluding steroid dienone is 3. The molecule has 0 aromatic heterocycles. The summed E-state index contributed by atoms with van der Waals surface area (Å²) >= 11 is 0. The van der Waals surface area contributed by atoms with Crippen LogP contribution >= 0.6 is 0 Å². The van der Waals surface area contributed by atoms with Gasteiger partial charge in [-0.05, 0) is 47.6 Å². The Balaban J connectivity index is 2.05. The standard InChI is InChI=1S/C20H24O4/c1-4-19(22)24-18-11-7-16(8-12-18)20(2,3)15-5-9-17(10-6-15)23-14-13-21/h4-5,7-12,15,21H,1,6,13-14H2,2-3H3. The van der Waals surface area contributed by atoms with Gasteiger partial charge in [0.15, 0.2) is 0 Å². The van der Waals surface area contributed by atoms with Crippen LogP contribution in [0, 0.1) is 5.92 Å². The minimum absolute atomic E-state index is 0.0167. The quantitative estimate of drug-likeness (QED) is 0.473. The van der Waals surface area contributed by atoms with Crippen molar-refractivity contribution in [2.45, 2.75) is 25.7 Å². The first-order chi connectivity index (χ1) is 11.5. The highest BCUT2D eigenvalue weighted by Gasteiger charge is 2.30. The maximum atomic E-state index is 11.2. The third kappa shape index (κ3) is 4.36. The van der Waals surface area contributed by atoms with Crippen molar-refractivity contribution in [2.24, 2.45) is 5.92 Å². The summed E-state index contributed by atoms with van der Waals surface area (Å²) in [6.07, 6.45) is 8.19. The molecule has 1 atom stereocenters. The first-order valence-electron chi connectivity index (χ1n) is 8.04. The van der Waals surface area contributed by atoms with Gasteiger partial charge in [-0.25, -0.2) is 4.79 Å². The molecule has 4 nitrogen and oxygen atoms in total. The van der Waals surface area contributed by atoms with Gasteiger partial charge in [0.25, 0.3) is 0 Å². The summed E-state index contributed by atoms with van der Waals surface area (Å²) in [5, 5.41) is 8.81. The van der Waals surface area contributed by atoms with Crippen LogP contribution in [0.15, 0.2) is 60.9 Å². The zero-order valence-corrected chi connectivity index (χ0v) is 14.2. The third-order valence-corrected chi connectivity index (χ3v) is 4.34. The number of hydrogen-bond acceptors (Lipinski definition) is 4. The Hall–Kier alpha value is -2.33. The fraction of sp³-hybridized carbons (Fsp3) is 0.350. The van der Waals surface area contributed by atoms with Crippen molar-refractivity contribution in [3.05, 3.63) is 66.5 Å². The highest BCUT2D eigenvalue weighted by Crippen LogP contribution is 2.37. The molecule has 24 heavy (non-hydrogen) atoms. The van der Waals surface area contributed by atoms with E-state index in [2.05, 4.69) is 32.6 Å². The van der Waals surface area contributed by atoms with Gasteiger partial charge in [-0.1, -0.05) is 38.6 Å². The SMILES string of the molecule is C=CC(=O)Oc1ccc(C(C)(C)C2C=CC(OCCO)=CC2)cc1. The van der Waals surface area contributed by atoms with Crippen LogP contribution in [0.3, 0.4) is 0 Å². The molecule has 0 heterocycles. The molecule has 2 rings (SSSR count). The first kappa shape index (κ1) is 18.0. The van der Waals surface area contributed by atoms with Crippen LogP contribution < -0.4 is 4.74 Å².